The average molecular weight is 407 g/mol. The first-order valence-electron chi connectivity index (χ1n) is 8.31. The number of halogens is 1. The van der Waals surface area contributed by atoms with Crippen molar-refractivity contribution in [3.63, 3.8) is 0 Å². The van der Waals surface area contributed by atoms with E-state index in [0.717, 1.165) is 24.6 Å². The maximum absolute atomic E-state index is 12.0. The van der Waals surface area contributed by atoms with Crippen molar-refractivity contribution in [3.05, 3.63) is 51.6 Å². The summed E-state index contributed by atoms with van der Waals surface area (Å²) in [4.78, 5) is 19.1. The van der Waals surface area contributed by atoms with Crippen molar-refractivity contribution in [2.75, 3.05) is 43.1 Å². The van der Waals surface area contributed by atoms with E-state index in [1.54, 1.807) is 24.5 Å². The molecule has 1 aliphatic heterocycles. The number of carbonyl (C=O) groups excluding carboxylic acids is 1. The van der Waals surface area contributed by atoms with E-state index in [9.17, 15) is 4.79 Å². The summed E-state index contributed by atoms with van der Waals surface area (Å²) in [7, 11) is 0. The number of hydrogen-bond acceptors (Lipinski definition) is 8. The van der Waals surface area contributed by atoms with Crippen LogP contribution in [-0.4, -0.2) is 43.7 Å². The fraction of sp³-hybridized carbons (Fsp3) is 0.294. The summed E-state index contributed by atoms with van der Waals surface area (Å²) in [5.74, 6) is 0.651. The SMILES string of the molecule is N=N/C(=C\Nc1ccc(N2CCOCC2)nc1)CNC(=O)c1ccc(Cl)s1. The van der Waals surface area contributed by atoms with Crippen LogP contribution >= 0.6 is 22.9 Å². The first kappa shape index (κ1) is 19.3. The summed E-state index contributed by atoms with van der Waals surface area (Å²) in [6.07, 6.45) is 3.29. The van der Waals surface area contributed by atoms with Gasteiger partial charge in [-0.15, -0.1) is 11.3 Å². The minimum absolute atomic E-state index is 0.129. The number of nitrogens with one attached hydrogen (secondary N) is 3. The Morgan fingerprint density at radius 1 is 1.37 bits per heavy atom. The quantitative estimate of drug-likeness (QED) is 0.612. The molecule has 2 aromatic heterocycles. The van der Waals surface area contributed by atoms with Crippen LogP contribution in [0.25, 0.3) is 0 Å². The van der Waals surface area contributed by atoms with E-state index in [4.69, 9.17) is 21.9 Å². The van der Waals surface area contributed by atoms with Gasteiger partial charge in [0.1, 0.15) is 5.82 Å². The Hall–Kier alpha value is -2.49. The smallest absolute Gasteiger partial charge is 0.261 e. The Kier molecular flexibility index (Phi) is 6.74. The second-order valence-corrected chi connectivity index (χ2v) is 7.40. The number of anilines is 2. The van der Waals surface area contributed by atoms with Crippen molar-refractivity contribution >= 4 is 40.4 Å². The van der Waals surface area contributed by atoms with E-state index < -0.39 is 0 Å². The predicted molar refractivity (Wildman–Crippen MR) is 106 cm³/mol. The van der Waals surface area contributed by atoms with Crippen molar-refractivity contribution in [1.29, 1.82) is 5.53 Å². The highest BCUT2D eigenvalue weighted by molar-refractivity contribution is 7.17. The number of pyridine rings is 1. The van der Waals surface area contributed by atoms with Crippen LogP contribution in [-0.2, 0) is 4.74 Å². The molecule has 3 N–H and O–H groups in total. The zero-order chi connectivity index (χ0) is 19.1. The van der Waals surface area contributed by atoms with Gasteiger partial charge >= 0.3 is 0 Å². The fourth-order valence-corrected chi connectivity index (χ4v) is 3.39. The molecule has 3 rings (SSSR count). The highest BCUT2D eigenvalue weighted by Crippen LogP contribution is 2.21. The molecule has 1 fully saturated rings. The summed E-state index contributed by atoms with van der Waals surface area (Å²) in [5.41, 5.74) is 8.41. The topological polar surface area (TPSA) is 103 Å². The van der Waals surface area contributed by atoms with Crippen molar-refractivity contribution in [2.24, 2.45) is 5.11 Å². The number of amides is 1. The largest absolute Gasteiger partial charge is 0.378 e. The van der Waals surface area contributed by atoms with E-state index in [0.29, 0.717) is 28.1 Å². The molecule has 0 bridgehead atoms. The van der Waals surface area contributed by atoms with Gasteiger partial charge < -0.3 is 20.3 Å². The van der Waals surface area contributed by atoms with Gasteiger partial charge in [0, 0.05) is 19.3 Å². The number of aromatic nitrogens is 1. The van der Waals surface area contributed by atoms with Crippen molar-refractivity contribution in [2.45, 2.75) is 0 Å². The highest BCUT2D eigenvalue weighted by atomic mass is 35.5. The summed E-state index contributed by atoms with van der Waals surface area (Å²) in [6.45, 7) is 3.21. The lowest BCUT2D eigenvalue weighted by molar-refractivity contribution is 0.0961. The van der Waals surface area contributed by atoms with Crippen LogP contribution in [0.5, 0.6) is 0 Å². The lowest BCUT2D eigenvalue weighted by atomic mass is 10.3. The molecule has 0 radical (unpaired) electrons. The molecule has 142 valence electrons. The zero-order valence-electron chi connectivity index (χ0n) is 14.4. The molecule has 0 aliphatic carbocycles. The molecule has 1 amide bonds. The third-order valence-electron chi connectivity index (χ3n) is 3.86. The molecular formula is C17H19ClN6O2S. The van der Waals surface area contributed by atoms with E-state index in [1.165, 1.54) is 11.3 Å². The second-order valence-electron chi connectivity index (χ2n) is 5.68. The Balaban J connectivity index is 1.53. The number of nitrogens with zero attached hydrogens (tertiary/aromatic N) is 3. The third kappa shape index (κ3) is 5.49. The van der Waals surface area contributed by atoms with Gasteiger partial charge in [0.2, 0.25) is 0 Å². The molecule has 1 aliphatic rings. The van der Waals surface area contributed by atoms with Crippen LogP contribution in [0.15, 0.2) is 47.5 Å². The number of hydrogen-bond donors (Lipinski definition) is 3. The third-order valence-corrected chi connectivity index (χ3v) is 5.09. The average Bonchev–Trinajstić information content (AvgIpc) is 3.15. The molecule has 1 saturated heterocycles. The van der Waals surface area contributed by atoms with Crippen molar-refractivity contribution in [3.8, 4) is 0 Å². The molecule has 8 nitrogen and oxygen atoms in total. The van der Waals surface area contributed by atoms with Gasteiger partial charge in [-0.3, -0.25) is 4.79 Å². The summed E-state index contributed by atoms with van der Waals surface area (Å²) < 4.78 is 5.89. The lowest BCUT2D eigenvalue weighted by Crippen LogP contribution is -2.36. The normalized spacial score (nSPS) is 14.7. The number of ether oxygens (including phenoxy) is 1. The number of carbonyl (C=O) groups is 1. The molecule has 0 atom stereocenters. The fourth-order valence-electron chi connectivity index (χ4n) is 2.43. The molecule has 0 spiro atoms. The first-order chi connectivity index (χ1) is 13.2. The summed E-state index contributed by atoms with van der Waals surface area (Å²) >= 11 is 7.03. The van der Waals surface area contributed by atoms with Crippen LogP contribution in [0.1, 0.15) is 9.67 Å². The number of rotatable bonds is 7. The van der Waals surface area contributed by atoms with Crippen LogP contribution in [0.4, 0.5) is 11.5 Å². The van der Waals surface area contributed by atoms with Crippen LogP contribution in [0.3, 0.4) is 0 Å². The second kappa shape index (κ2) is 9.45. The van der Waals surface area contributed by atoms with Crippen LogP contribution in [0, 0.1) is 5.53 Å². The summed E-state index contributed by atoms with van der Waals surface area (Å²) in [5, 5.41) is 9.18. The molecule has 2 aromatic rings. The maximum atomic E-state index is 12.0. The number of morpholine rings is 1. The Bertz CT molecular complexity index is 817. The molecular weight excluding hydrogens is 388 g/mol. The van der Waals surface area contributed by atoms with Gasteiger partial charge in [-0.25, -0.2) is 10.5 Å². The summed E-state index contributed by atoms with van der Waals surface area (Å²) in [6, 6.07) is 7.16. The molecule has 27 heavy (non-hydrogen) atoms. The van der Waals surface area contributed by atoms with Gasteiger partial charge in [0.25, 0.3) is 5.91 Å². The molecule has 0 unspecified atom stereocenters. The van der Waals surface area contributed by atoms with Gasteiger partial charge in [-0.05, 0) is 24.3 Å². The molecule has 0 aromatic carbocycles. The van der Waals surface area contributed by atoms with E-state index in [1.807, 2.05) is 12.1 Å². The van der Waals surface area contributed by atoms with E-state index in [-0.39, 0.29) is 12.5 Å². The maximum Gasteiger partial charge on any atom is 0.261 e. The molecule has 10 heteroatoms. The van der Waals surface area contributed by atoms with Gasteiger partial charge in [-0.1, -0.05) is 11.6 Å². The number of thiophene rings is 1. The van der Waals surface area contributed by atoms with Gasteiger partial charge in [-0.2, -0.15) is 5.11 Å². The monoisotopic (exact) mass is 406 g/mol. The van der Waals surface area contributed by atoms with Crippen molar-refractivity contribution in [1.82, 2.24) is 10.3 Å². The minimum Gasteiger partial charge on any atom is -0.378 e. The zero-order valence-corrected chi connectivity index (χ0v) is 16.0. The lowest BCUT2D eigenvalue weighted by Gasteiger charge is -2.27. The van der Waals surface area contributed by atoms with E-state index >= 15 is 0 Å². The van der Waals surface area contributed by atoms with E-state index in [2.05, 4.69) is 25.6 Å². The van der Waals surface area contributed by atoms with Crippen molar-refractivity contribution < 1.29 is 9.53 Å². The Morgan fingerprint density at radius 2 is 2.19 bits per heavy atom. The Morgan fingerprint density at radius 3 is 2.81 bits per heavy atom. The highest BCUT2D eigenvalue weighted by Gasteiger charge is 2.12. The predicted octanol–water partition coefficient (Wildman–Crippen LogP) is 3.35. The van der Waals surface area contributed by atoms with Crippen LogP contribution in [0.2, 0.25) is 4.34 Å². The van der Waals surface area contributed by atoms with Gasteiger partial charge in [0.15, 0.2) is 0 Å². The Labute approximate surface area is 165 Å². The molecule has 0 saturated carbocycles. The standard InChI is InChI=1S/C17H19ClN6O2S/c18-15-3-2-14(27-15)17(25)22-11-13(23-19)10-20-12-1-4-16(21-9-12)24-5-7-26-8-6-24/h1-4,9-10,19-20H,5-8,11H2,(H,22,25)/b13-10-,23-19?. The molecule has 3 heterocycles. The first-order valence-corrected chi connectivity index (χ1v) is 9.50. The van der Waals surface area contributed by atoms with Crippen LogP contribution < -0.4 is 15.5 Å². The van der Waals surface area contributed by atoms with Gasteiger partial charge in [0.05, 0.1) is 46.6 Å². The minimum atomic E-state index is -0.252.